The summed E-state index contributed by atoms with van der Waals surface area (Å²) < 4.78 is 31.9. The third kappa shape index (κ3) is 2.89. The van der Waals surface area contributed by atoms with Gasteiger partial charge < -0.3 is 9.84 Å². The second-order valence-electron chi connectivity index (χ2n) is 4.19. The van der Waals surface area contributed by atoms with Crippen molar-refractivity contribution in [2.24, 2.45) is 0 Å². The predicted octanol–water partition coefficient (Wildman–Crippen LogP) is 3.12. The molecule has 0 saturated heterocycles. The molecule has 6 heteroatoms. The van der Waals surface area contributed by atoms with E-state index >= 15 is 0 Å². The van der Waals surface area contributed by atoms with Crippen LogP contribution in [-0.2, 0) is 4.74 Å². The molecule has 0 atom stereocenters. The highest BCUT2D eigenvalue weighted by Crippen LogP contribution is 2.25. The van der Waals surface area contributed by atoms with Crippen molar-refractivity contribution in [2.75, 3.05) is 7.11 Å². The highest BCUT2D eigenvalue weighted by molar-refractivity contribution is 5.91. The van der Waals surface area contributed by atoms with E-state index in [2.05, 4.69) is 4.74 Å². The minimum absolute atomic E-state index is 0.0610. The Kier molecular flexibility index (Phi) is 3.98. The number of benzene rings is 2. The average Bonchev–Trinajstić information content (AvgIpc) is 2.46. The molecule has 0 aliphatic heterocycles. The van der Waals surface area contributed by atoms with Gasteiger partial charge in [0.25, 0.3) is 0 Å². The molecule has 0 unspecified atom stereocenters. The van der Waals surface area contributed by atoms with Crippen LogP contribution >= 0.6 is 0 Å². The van der Waals surface area contributed by atoms with Crippen molar-refractivity contribution in [3.8, 4) is 11.1 Å². The first-order valence-electron chi connectivity index (χ1n) is 5.85. The molecule has 0 spiro atoms. The van der Waals surface area contributed by atoms with Crippen LogP contribution in [0.1, 0.15) is 20.7 Å². The van der Waals surface area contributed by atoms with Crippen LogP contribution in [0.25, 0.3) is 11.1 Å². The quantitative estimate of drug-likeness (QED) is 0.883. The van der Waals surface area contributed by atoms with Crippen molar-refractivity contribution >= 4 is 11.9 Å². The van der Waals surface area contributed by atoms with Crippen molar-refractivity contribution in [1.82, 2.24) is 0 Å². The number of ether oxygens (including phenoxy) is 1. The van der Waals surface area contributed by atoms with Crippen molar-refractivity contribution in [2.45, 2.75) is 0 Å². The molecular formula is C15H10F2O4. The molecule has 0 bridgehead atoms. The van der Waals surface area contributed by atoms with Gasteiger partial charge >= 0.3 is 11.9 Å². The van der Waals surface area contributed by atoms with Gasteiger partial charge in [0.1, 0.15) is 17.2 Å². The van der Waals surface area contributed by atoms with Crippen LogP contribution in [0.3, 0.4) is 0 Å². The van der Waals surface area contributed by atoms with Crippen LogP contribution in [0.5, 0.6) is 0 Å². The zero-order valence-corrected chi connectivity index (χ0v) is 10.9. The van der Waals surface area contributed by atoms with E-state index < -0.39 is 29.1 Å². The van der Waals surface area contributed by atoms with Crippen LogP contribution in [0.4, 0.5) is 8.78 Å². The Morgan fingerprint density at radius 1 is 1.00 bits per heavy atom. The Bertz CT molecular complexity index is 685. The van der Waals surface area contributed by atoms with Gasteiger partial charge in [0, 0.05) is 0 Å². The largest absolute Gasteiger partial charge is 0.478 e. The van der Waals surface area contributed by atoms with Gasteiger partial charge in [-0.3, -0.25) is 0 Å². The highest BCUT2D eigenvalue weighted by Gasteiger charge is 2.19. The van der Waals surface area contributed by atoms with Gasteiger partial charge in [-0.1, -0.05) is 12.1 Å². The van der Waals surface area contributed by atoms with Crippen molar-refractivity contribution in [1.29, 1.82) is 0 Å². The number of halogens is 2. The van der Waals surface area contributed by atoms with Gasteiger partial charge in [-0.05, 0) is 35.4 Å². The number of carboxylic acids is 1. The summed E-state index contributed by atoms with van der Waals surface area (Å²) in [6.45, 7) is 0. The maximum absolute atomic E-state index is 13.8. The van der Waals surface area contributed by atoms with Gasteiger partial charge in [-0.25, -0.2) is 18.4 Å². The van der Waals surface area contributed by atoms with Crippen molar-refractivity contribution in [3.63, 3.8) is 0 Å². The first kappa shape index (κ1) is 14.6. The summed E-state index contributed by atoms with van der Waals surface area (Å²) in [7, 11) is 1.03. The Morgan fingerprint density at radius 3 is 1.95 bits per heavy atom. The van der Waals surface area contributed by atoms with Gasteiger partial charge in [-0.2, -0.15) is 0 Å². The maximum atomic E-state index is 13.8. The minimum atomic E-state index is -1.10. The highest BCUT2D eigenvalue weighted by atomic mass is 19.1. The lowest BCUT2D eigenvalue weighted by Gasteiger charge is -2.07. The molecule has 0 heterocycles. The average molecular weight is 292 g/mol. The normalized spacial score (nSPS) is 10.2. The molecule has 4 nitrogen and oxygen atoms in total. The van der Waals surface area contributed by atoms with Crippen LogP contribution in [0.2, 0.25) is 0 Å². The smallest absolute Gasteiger partial charge is 0.343 e. The first-order valence-corrected chi connectivity index (χ1v) is 5.85. The first-order chi connectivity index (χ1) is 9.93. The number of esters is 1. The molecule has 0 fully saturated rings. The van der Waals surface area contributed by atoms with Gasteiger partial charge in [-0.15, -0.1) is 0 Å². The third-order valence-corrected chi connectivity index (χ3v) is 2.90. The monoisotopic (exact) mass is 292 g/mol. The SMILES string of the molecule is COC(=O)c1c(F)cc(-c2ccc(C(=O)O)cc2)cc1F. The Labute approximate surface area is 118 Å². The fourth-order valence-electron chi connectivity index (χ4n) is 1.84. The number of hydrogen-bond acceptors (Lipinski definition) is 3. The van der Waals surface area contributed by atoms with Crippen LogP contribution in [0, 0.1) is 11.6 Å². The molecule has 0 aromatic heterocycles. The van der Waals surface area contributed by atoms with Crippen LogP contribution in [0.15, 0.2) is 36.4 Å². The lowest BCUT2D eigenvalue weighted by atomic mass is 10.0. The summed E-state index contributed by atoms with van der Waals surface area (Å²) in [5, 5.41) is 8.79. The van der Waals surface area contributed by atoms with Crippen LogP contribution < -0.4 is 0 Å². The molecule has 1 N–H and O–H groups in total. The number of carboxylic acid groups (broad SMARTS) is 1. The number of hydrogen-bond donors (Lipinski definition) is 1. The number of carbonyl (C=O) groups is 2. The van der Waals surface area contributed by atoms with Gasteiger partial charge in [0.05, 0.1) is 12.7 Å². The molecule has 0 aliphatic carbocycles. The zero-order chi connectivity index (χ0) is 15.6. The Hall–Kier alpha value is -2.76. The van der Waals surface area contributed by atoms with E-state index in [1.165, 1.54) is 24.3 Å². The molecule has 0 radical (unpaired) electrons. The number of rotatable bonds is 3. The lowest BCUT2D eigenvalue weighted by Crippen LogP contribution is -2.08. The fraction of sp³-hybridized carbons (Fsp3) is 0.0667. The zero-order valence-electron chi connectivity index (χ0n) is 10.9. The topological polar surface area (TPSA) is 63.6 Å². The molecule has 2 rings (SSSR count). The molecule has 21 heavy (non-hydrogen) atoms. The molecule has 0 amide bonds. The number of methoxy groups -OCH3 is 1. The van der Waals surface area contributed by atoms with E-state index in [0.717, 1.165) is 19.2 Å². The second-order valence-corrected chi connectivity index (χ2v) is 4.19. The van der Waals surface area contributed by atoms with E-state index in [9.17, 15) is 18.4 Å². The van der Waals surface area contributed by atoms with E-state index in [-0.39, 0.29) is 11.1 Å². The second kappa shape index (κ2) is 5.70. The summed E-state index contributed by atoms with van der Waals surface area (Å²) in [5.74, 6) is -4.28. The Balaban J connectivity index is 2.46. The molecule has 108 valence electrons. The van der Waals surface area contributed by atoms with E-state index in [4.69, 9.17) is 5.11 Å². The van der Waals surface area contributed by atoms with E-state index in [0.29, 0.717) is 5.56 Å². The summed E-state index contributed by atoms with van der Waals surface area (Å²) in [5.41, 5.74) is -0.0851. The van der Waals surface area contributed by atoms with Crippen LogP contribution in [-0.4, -0.2) is 24.2 Å². The predicted molar refractivity (Wildman–Crippen MR) is 70.1 cm³/mol. The standard InChI is InChI=1S/C15H10F2O4/c1-21-15(20)13-11(16)6-10(7-12(13)17)8-2-4-9(5-3-8)14(18)19/h2-7H,1H3,(H,18,19). The molecular weight excluding hydrogens is 282 g/mol. The molecule has 2 aromatic rings. The number of carbonyl (C=O) groups excluding carboxylic acids is 1. The van der Waals surface area contributed by atoms with E-state index in [1.807, 2.05) is 0 Å². The summed E-state index contributed by atoms with van der Waals surface area (Å²) in [6.07, 6.45) is 0. The van der Waals surface area contributed by atoms with E-state index in [1.54, 1.807) is 0 Å². The third-order valence-electron chi connectivity index (χ3n) is 2.90. The minimum Gasteiger partial charge on any atom is -0.478 e. The number of aromatic carboxylic acids is 1. The van der Waals surface area contributed by atoms with Gasteiger partial charge in [0.15, 0.2) is 0 Å². The summed E-state index contributed by atoms with van der Waals surface area (Å²) >= 11 is 0. The maximum Gasteiger partial charge on any atom is 0.343 e. The Morgan fingerprint density at radius 2 is 1.52 bits per heavy atom. The fourth-order valence-corrected chi connectivity index (χ4v) is 1.84. The van der Waals surface area contributed by atoms with Crippen molar-refractivity contribution < 1.29 is 28.2 Å². The van der Waals surface area contributed by atoms with Gasteiger partial charge in [0.2, 0.25) is 0 Å². The molecule has 0 saturated carbocycles. The molecule has 0 aliphatic rings. The lowest BCUT2D eigenvalue weighted by molar-refractivity contribution is 0.0589. The van der Waals surface area contributed by atoms with Crippen molar-refractivity contribution in [3.05, 3.63) is 59.2 Å². The molecule has 2 aromatic carbocycles. The summed E-state index contributed by atoms with van der Waals surface area (Å²) in [4.78, 5) is 22.0. The summed E-state index contributed by atoms with van der Waals surface area (Å²) in [6, 6.07) is 7.48.